The molecule has 7 nitrogen and oxygen atoms in total. The Kier molecular flexibility index (Phi) is 4.53. The van der Waals surface area contributed by atoms with Crippen molar-refractivity contribution in [2.24, 2.45) is 10.2 Å². The van der Waals surface area contributed by atoms with E-state index in [-0.39, 0.29) is 6.73 Å². The van der Waals surface area contributed by atoms with Gasteiger partial charge < -0.3 is 4.74 Å². The van der Waals surface area contributed by atoms with Gasteiger partial charge in [0.2, 0.25) is 0 Å². The molecule has 0 aromatic heterocycles. The Morgan fingerprint density at radius 1 is 1.25 bits per heavy atom. The fraction of sp³-hybridized carbons (Fsp3) is 0.333. The van der Waals surface area contributed by atoms with Crippen LogP contribution in [0.5, 0.6) is 5.75 Å². The zero-order chi connectivity index (χ0) is 11.8. The third-order valence-corrected chi connectivity index (χ3v) is 1.90. The molecule has 0 unspecified atom stereocenters. The summed E-state index contributed by atoms with van der Waals surface area (Å²) < 4.78 is 5.21. The van der Waals surface area contributed by atoms with Gasteiger partial charge in [-0.15, -0.1) is 0 Å². The van der Waals surface area contributed by atoms with E-state index in [0.29, 0.717) is 12.3 Å². The predicted octanol–water partition coefficient (Wildman–Crippen LogP) is 3.45. The maximum atomic E-state index is 8.18. The summed E-state index contributed by atoms with van der Waals surface area (Å²) in [6.07, 6.45) is 0. The molecule has 0 radical (unpaired) electrons. The van der Waals surface area contributed by atoms with Crippen molar-refractivity contribution in [2.45, 2.75) is 13.5 Å². The molecule has 0 fully saturated rings. The van der Waals surface area contributed by atoms with Crippen LogP contribution in [0.3, 0.4) is 0 Å². The van der Waals surface area contributed by atoms with Crippen LogP contribution in [0.25, 0.3) is 20.9 Å². The summed E-state index contributed by atoms with van der Waals surface area (Å²) in [5.41, 5.74) is 18.1. The van der Waals surface area contributed by atoms with E-state index in [1.807, 2.05) is 13.0 Å². The summed E-state index contributed by atoms with van der Waals surface area (Å²) in [5.74, 6) is 0.650. The molecular weight excluding hydrogens is 208 g/mol. The lowest BCUT2D eigenvalue weighted by Gasteiger charge is -2.07. The van der Waals surface area contributed by atoms with Crippen molar-refractivity contribution in [3.8, 4) is 5.75 Å². The van der Waals surface area contributed by atoms with E-state index in [4.69, 9.17) is 15.8 Å². The summed E-state index contributed by atoms with van der Waals surface area (Å²) in [5, 5.41) is 6.73. The predicted molar refractivity (Wildman–Crippen MR) is 58.7 cm³/mol. The van der Waals surface area contributed by atoms with Crippen LogP contribution in [-0.2, 0) is 6.54 Å². The first-order valence-corrected chi connectivity index (χ1v) is 4.52. The minimum atomic E-state index is -0.0347. The lowest BCUT2D eigenvalue weighted by Crippen LogP contribution is -1.95. The number of aryl methyl sites for hydroxylation is 1. The Balaban J connectivity index is 2.74. The Bertz CT molecular complexity index is 459. The topological polar surface area (TPSA) is 107 Å². The molecule has 82 valence electrons. The lowest BCUT2D eigenvalue weighted by molar-refractivity contribution is 0.327. The van der Waals surface area contributed by atoms with Gasteiger partial charge in [0.15, 0.2) is 6.73 Å². The van der Waals surface area contributed by atoms with Gasteiger partial charge in [-0.3, -0.25) is 0 Å². The highest BCUT2D eigenvalue weighted by Crippen LogP contribution is 2.19. The van der Waals surface area contributed by atoms with Crippen molar-refractivity contribution in [3.63, 3.8) is 0 Å². The van der Waals surface area contributed by atoms with Gasteiger partial charge in [-0.25, -0.2) is 0 Å². The van der Waals surface area contributed by atoms with Gasteiger partial charge >= 0.3 is 0 Å². The molecule has 0 atom stereocenters. The van der Waals surface area contributed by atoms with Crippen LogP contribution in [0.1, 0.15) is 11.1 Å². The van der Waals surface area contributed by atoms with Crippen molar-refractivity contribution >= 4 is 0 Å². The third kappa shape index (κ3) is 3.42. The average Bonchev–Trinajstić information content (AvgIpc) is 2.29. The standard InChI is InChI=1S/C9H10N6O/c1-7-4-8(5-12-14-10)2-3-9(7)16-6-13-15-11/h2-4H,5-6H2,1H3. The normalized spacial score (nSPS) is 8.81. The van der Waals surface area contributed by atoms with Crippen LogP contribution < -0.4 is 4.74 Å². The Morgan fingerprint density at radius 2 is 2.00 bits per heavy atom. The molecule has 16 heavy (non-hydrogen) atoms. The Hall–Kier alpha value is -2.36. The highest BCUT2D eigenvalue weighted by Gasteiger charge is 2.00. The zero-order valence-electron chi connectivity index (χ0n) is 8.74. The highest BCUT2D eigenvalue weighted by molar-refractivity contribution is 5.36. The minimum Gasteiger partial charge on any atom is -0.487 e. The van der Waals surface area contributed by atoms with E-state index in [2.05, 4.69) is 20.1 Å². The van der Waals surface area contributed by atoms with Crippen LogP contribution in [-0.4, -0.2) is 6.73 Å². The number of rotatable bonds is 5. The second-order valence-corrected chi connectivity index (χ2v) is 2.99. The number of hydrogen-bond acceptors (Lipinski definition) is 3. The monoisotopic (exact) mass is 218 g/mol. The molecular formula is C9H10N6O. The minimum absolute atomic E-state index is 0.0347. The smallest absolute Gasteiger partial charge is 0.167 e. The van der Waals surface area contributed by atoms with E-state index in [0.717, 1.165) is 11.1 Å². The zero-order valence-corrected chi connectivity index (χ0v) is 8.74. The third-order valence-electron chi connectivity index (χ3n) is 1.90. The van der Waals surface area contributed by atoms with Crippen molar-refractivity contribution in [2.75, 3.05) is 6.73 Å². The summed E-state index contributed by atoms with van der Waals surface area (Å²) in [7, 11) is 0. The summed E-state index contributed by atoms with van der Waals surface area (Å²) in [4.78, 5) is 5.27. The average molecular weight is 218 g/mol. The first kappa shape index (κ1) is 11.7. The van der Waals surface area contributed by atoms with E-state index in [9.17, 15) is 0 Å². The molecule has 0 N–H and O–H groups in total. The molecule has 0 aliphatic carbocycles. The molecule has 0 saturated carbocycles. The molecule has 0 heterocycles. The fourth-order valence-electron chi connectivity index (χ4n) is 1.21. The van der Waals surface area contributed by atoms with Crippen molar-refractivity contribution < 1.29 is 4.74 Å². The molecule has 0 amide bonds. The van der Waals surface area contributed by atoms with Gasteiger partial charge in [-0.1, -0.05) is 22.4 Å². The van der Waals surface area contributed by atoms with Crippen LogP contribution in [0.4, 0.5) is 0 Å². The molecule has 0 saturated heterocycles. The highest BCUT2D eigenvalue weighted by atomic mass is 16.5. The quantitative estimate of drug-likeness (QED) is 0.421. The number of nitrogens with zero attached hydrogens (tertiary/aromatic N) is 6. The van der Waals surface area contributed by atoms with E-state index in [1.54, 1.807) is 12.1 Å². The molecule has 0 aliphatic heterocycles. The number of benzene rings is 1. The largest absolute Gasteiger partial charge is 0.487 e. The maximum absolute atomic E-state index is 8.18. The number of ether oxygens (including phenoxy) is 1. The van der Waals surface area contributed by atoms with E-state index < -0.39 is 0 Å². The summed E-state index contributed by atoms with van der Waals surface area (Å²) >= 11 is 0. The molecule has 1 aromatic rings. The molecule has 0 aliphatic rings. The summed E-state index contributed by atoms with van der Waals surface area (Å²) in [6.45, 7) is 2.14. The Morgan fingerprint density at radius 3 is 2.62 bits per heavy atom. The van der Waals surface area contributed by atoms with Gasteiger partial charge in [0.05, 0.1) is 6.54 Å². The van der Waals surface area contributed by atoms with Crippen LogP contribution >= 0.6 is 0 Å². The second-order valence-electron chi connectivity index (χ2n) is 2.99. The second kappa shape index (κ2) is 6.19. The maximum Gasteiger partial charge on any atom is 0.167 e. The van der Waals surface area contributed by atoms with Crippen LogP contribution in [0, 0.1) is 6.92 Å². The van der Waals surface area contributed by atoms with Gasteiger partial charge in [0, 0.05) is 9.82 Å². The first-order chi connectivity index (χ1) is 7.77. The van der Waals surface area contributed by atoms with Crippen molar-refractivity contribution in [3.05, 3.63) is 50.2 Å². The SMILES string of the molecule is Cc1cc(CN=[N+]=[N-])ccc1OCN=[N+]=[N-]. The molecule has 1 rings (SSSR count). The molecule has 0 bridgehead atoms. The number of azide groups is 2. The van der Waals surface area contributed by atoms with Crippen LogP contribution in [0.15, 0.2) is 28.4 Å². The first-order valence-electron chi connectivity index (χ1n) is 4.52. The van der Waals surface area contributed by atoms with Gasteiger partial charge in [-0.05, 0) is 35.2 Å². The number of hydrogen-bond donors (Lipinski definition) is 0. The van der Waals surface area contributed by atoms with Gasteiger partial charge in [-0.2, -0.15) is 0 Å². The lowest BCUT2D eigenvalue weighted by atomic mass is 10.1. The summed E-state index contributed by atoms with van der Waals surface area (Å²) in [6, 6.07) is 5.41. The van der Waals surface area contributed by atoms with E-state index >= 15 is 0 Å². The van der Waals surface area contributed by atoms with Crippen molar-refractivity contribution in [1.82, 2.24) is 0 Å². The van der Waals surface area contributed by atoms with Gasteiger partial charge in [0.25, 0.3) is 0 Å². The van der Waals surface area contributed by atoms with Crippen LogP contribution in [0.2, 0.25) is 0 Å². The Labute approximate surface area is 91.9 Å². The van der Waals surface area contributed by atoms with Crippen molar-refractivity contribution in [1.29, 1.82) is 0 Å². The van der Waals surface area contributed by atoms with Gasteiger partial charge in [0.1, 0.15) is 5.75 Å². The molecule has 7 heteroatoms. The van der Waals surface area contributed by atoms with E-state index in [1.165, 1.54) is 0 Å². The molecule has 0 spiro atoms. The molecule has 1 aromatic carbocycles. The fourth-order valence-corrected chi connectivity index (χ4v) is 1.21.